The second-order valence-corrected chi connectivity index (χ2v) is 7.97. The van der Waals surface area contributed by atoms with E-state index in [1.807, 2.05) is 13.8 Å². The Morgan fingerprint density at radius 1 is 1.00 bits per heavy atom. The molecule has 0 aromatic heterocycles. The third kappa shape index (κ3) is 17.1. The highest BCUT2D eigenvalue weighted by Crippen LogP contribution is 2.09. The van der Waals surface area contributed by atoms with E-state index in [-0.39, 0.29) is 36.1 Å². The number of nitrogens with two attached hydrogens (primary N) is 2. The van der Waals surface area contributed by atoms with Gasteiger partial charge in [-0.15, -0.1) is 12.4 Å². The van der Waals surface area contributed by atoms with Crippen LogP contribution in [0.5, 0.6) is 0 Å². The Hall–Kier alpha value is -1.83. The molecule has 0 aliphatic carbocycles. The minimum absolute atomic E-state index is 0. The van der Waals surface area contributed by atoms with Gasteiger partial charge < -0.3 is 26.9 Å². The molecule has 2 amide bonds. The summed E-state index contributed by atoms with van der Waals surface area (Å²) in [5, 5.41) is 5.56. The van der Waals surface area contributed by atoms with Crippen LogP contribution < -0.4 is 22.1 Å². The SMILES string of the molecule is CCCCCCCCC(=O)N[C@@H](CC(C)C)C(=O)N[C@H](C=O)CCCN=C(N)N.Cl. The summed E-state index contributed by atoms with van der Waals surface area (Å²) in [5.41, 5.74) is 10.5. The molecule has 176 valence electrons. The van der Waals surface area contributed by atoms with Gasteiger partial charge in [0.2, 0.25) is 11.8 Å². The first kappa shape index (κ1) is 30.4. The van der Waals surface area contributed by atoms with Crippen molar-refractivity contribution in [3.05, 3.63) is 0 Å². The largest absolute Gasteiger partial charge is 0.370 e. The number of rotatable bonds is 17. The highest BCUT2D eigenvalue weighted by Gasteiger charge is 2.23. The Bertz CT molecular complexity index is 511. The molecular formula is C21H42ClN5O3. The normalized spacial score (nSPS) is 12.4. The maximum Gasteiger partial charge on any atom is 0.243 e. The zero-order chi connectivity index (χ0) is 22.1. The second-order valence-electron chi connectivity index (χ2n) is 7.97. The van der Waals surface area contributed by atoms with Crippen LogP contribution in [0.2, 0.25) is 0 Å². The van der Waals surface area contributed by atoms with Crippen LogP contribution in [0.1, 0.15) is 85.0 Å². The van der Waals surface area contributed by atoms with Gasteiger partial charge in [0.1, 0.15) is 12.3 Å². The minimum atomic E-state index is -0.636. The average Bonchev–Trinajstić information content (AvgIpc) is 2.65. The van der Waals surface area contributed by atoms with Crippen LogP contribution in [-0.4, -0.2) is 42.7 Å². The maximum atomic E-state index is 12.6. The van der Waals surface area contributed by atoms with Crippen molar-refractivity contribution >= 4 is 36.5 Å². The number of aldehydes is 1. The zero-order valence-corrected chi connectivity index (χ0v) is 19.6. The fraction of sp³-hybridized carbons (Fsp3) is 0.810. The van der Waals surface area contributed by atoms with Gasteiger partial charge in [0.15, 0.2) is 5.96 Å². The first-order valence-corrected chi connectivity index (χ1v) is 10.9. The van der Waals surface area contributed by atoms with Crippen LogP contribution in [-0.2, 0) is 14.4 Å². The van der Waals surface area contributed by atoms with Gasteiger partial charge in [-0.05, 0) is 31.6 Å². The van der Waals surface area contributed by atoms with Gasteiger partial charge in [0.05, 0.1) is 6.04 Å². The lowest BCUT2D eigenvalue weighted by Gasteiger charge is -2.22. The highest BCUT2D eigenvalue weighted by molar-refractivity contribution is 5.89. The van der Waals surface area contributed by atoms with Crippen molar-refractivity contribution in [1.29, 1.82) is 0 Å². The number of carbonyl (C=O) groups excluding carboxylic acids is 3. The first-order chi connectivity index (χ1) is 13.8. The first-order valence-electron chi connectivity index (χ1n) is 10.9. The number of nitrogens with one attached hydrogen (secondary N) is 2. The van der Waals surface area contributed by atoms with Crippen molar-refractivity contribution in [2.75, 3.05) is 6.54 Å². The molecule has 0 aromatic rings. The zero-order valence-electron chi connectivity index (χ0n) is 18.8. The maximum absolute atomic E-state index is 12.6. The molecule has 0 saturated carbocycles. The molecule has 30 heavy (non-hydrogen) atoms. The van der Waals surface area contributed by atoms with Gasteiger partial charge >= 0.3 is 0 Å². The predicted molar refractivity (Wildman–Crippen MR) is 125 cm³/mol. The molecule has 0 rings (SSSR count). The van der Waals surface area contributed by atoms with E-state index in [0.717, 1.165) is 19.3 Å². The molecule has 0 radical (unpaired) electrons. The quantitative estimate of drug-likeness (QED) is 0.117. The van der Waals surface area contributed by atoms with Crippen molar-refractivity contribution in [3.8, 4) is 0 Å². The molecule has 0 aromatic carbocycles. The molecule has 0 saturated heterocycles. The van der Waals surface area contributed by atoms with E-state index in [1.54, 1.807) is 0 Å². The van der Waals surface area contributed by atoms with Gasteiger partial charge in [0, 0.05) is 13.0 Å². The number of amides is 2. The number of nitrogens with zero attached hydrogens (tertiary/aromatic N) is 1. The molecule has 8 nitrogen and oxygen atoms in total. The number of guanidine groups is 1. The van der Waals surface area contributed by atoms with E-state index < -0.39 is 12.1 Å². The molecule has 0 heterocycles. The lowest BCUT2D eigenvalue weighted by Crippen LogP contribution is -2.50. The van der Waals surface area contributed by atoms with Crippen molar-refractivity contribution in [2.24, 2.45) is 22.4 Å². The molecule has 0 spiro atoms. The Morgan fingerprint density at radius 3 is 2.20 bits per heavy atom. The Kier molecular flexibility index (Phi) is 19.4. The van der Waals surface area contributed by atoms with Crippen LogP contribution in [0.15, 0.2) is 4.99 Å². The summed E-state index contributed by atoms with van der Waals surface area (Å²) < 4.78 is 0. The highest BCUT2D eigenvalue weighted by atomic mass is 35.5. The van der Waals surface area contributed by atoms with Crippen molar-refractivity contribution in [2.45, 2.75) is 97.1 Å². The van der Waals surface area contributed by atoms with Crippen molar-refractivity contribution in [1.82, 2.24) is 10.6 Å². The number of carbonyl (C=O) groups is 3. The Morgan fingerprint density at radius 2 is 1.63 bits per heavy atom. The van der Waals surface area contributed by atoms with Crippen LogP contribution in [0.3, 0.4) is 0 Å². The van der Waals surface area contributed by atoms with E-state index in [2.05, 4.69) is 22.5 Å². The van der Waals surface area contributed by atoms with E-state index in [4.69, 9.17) is 11.5 Å². The molecular weight excluding hydrogens is 406 g/mol. The Labute approximate surface area is 187 Å². The lowest BCUT2D eigenvalue weighted by atomic mass is 10.0. The number of halogens is 1. The molecule has 0 fully saturated rings. The summed E-state index contributed by atoms with van der Waals surface area (Å²) in [6.07, 6.45) is 9.27. The fourth-order valence-corrected chi connectivity index (χ4v) is 3.01. The standard InChI is InChI=1S/C21H41N5O3.ClH/c1-4-5-6-7-8-9-12-19(28)26-18(14-16(2)3)20(29)25-17(15-27)11-10-13-24-21(22)23;/h15-18H,4-14H2,1-3H3,(H,25,29)(H,26,28)(H4,22,23,24);1H/t17-,18-;/m0./s1. The average molecular weight is 448 g/mol. The van der Waals surface area contributed by atoms with E-state index in [9.17, 15) is 14.4 Å². The van der Waals surface area contributed by atoms with E-state index in [0.29, 0.717) is 38.5 Å². The lowest BCUT2D eigenvalue weighted by molar-refractivity contribution is -0.130. The number of hydrogen-bond acceptors (Lipinski definition) is 4. The summed E-state index contributed by atoms with van der Waals surface area (Å²) in [7, 11) is 0. The monoisotopic (exact) mass is 447 g/mol. The summed E-state index contributed by atoms with van der Waals surface area (Å²) in [6.45, 7) is 6.55. The van der Waals surface area contributed by atoms with Crippen LogP contribution in [0, 0.1) is 5.92 Å². The third-order valence-electron chi connectivity index (χ3n) is 4.58. The van der Waals surface area contributed by atoms with Gasteiger partial charge in [-0.25, -0.2) is 0 Å². The van der Waals surface area contributed by atoms with Gasteiger partial charge in [-0.1, -0.05) is 52.9 Å². The summed E-state index contributed by atoms with van der Waals surface area (Å²) in [4.78, 5) is 40.0. The number of aliphatic imine (C=N–C) groups is 1. The van der Waals surface area contributed by atoms with Gasteiger partial charge in [-0.2, -0.15) is 0 Å². The second kappa shape index (κ2) is 19.2. The van der Waals surface area contributed by atoms with Crippen molar-refractivity contribution < 1.29 is 14.4 Å². The molecule has 0 bridgehead atoms. The van der Waals surface area contributed by atoms with Crippen LogP contribution >= 0.6 is 12.4 Å². The fourth-order valence-electron chi connectivity index (χ4n) is 3.01. The van der Waals surface area contributed by atoms with Crippen LogP contribution in [0.4, 0.5) is 0 Å². The molecule has 2 atom stereocenters. The van der Waals surface area contributed by atoms with Crippen LogP contribution in [0.25, 0.3) is 0 Å². The summed E-state index contributed by atoms with van der Waals surface area (Å²) in [6, 6.07) is -1.26. The van der Waals surface area contributed by atoms with E-state index in [1.165, 1.54) is 19.3 Å². The predicted octanol–water partition coefficient (Wildman–Crippen LogP) is 2.43. The number of hydrogen-bond donors (Lipinski definition) is 4. The smallest absolute Gasteiger partial charge is 0.243 e. The summed E-state index contributed by atoms with van der Waals surface area (Å²) >= 11 is 0. The third-order valence-corrected chi connectivity index (χ3v) is 4.58. The summed E-state index contributed by atoms with van der Waals surface area (Å²) in [5.74, 6) is -0.205. The molecule has 9 heteroatoms. The molecule has 0 aliphatic rings. The topological polar surface area (TPSA) is 140 Å². The van der Waals surface area contributed by atoms with Crippen molar-refractivity contribution in [3.63, 3.8) is 0 Å². The Balaban J connectivity index is 0. The number of unbranched alkanes of at least 4 members (excludes halogenated alkanes) is 5. The minimum Gasteiger partial charge on any atom is -0.370 e. The molecule has 0 unspecified atom stereocenters. The molecule has 6 N–H and O–H groups in total. The van der Waals surface area contributed by atoms with E-state index >= 15 is 0 Å². The molecule has 0 aliphatic heterocycles. The van der Waals surface area contributed by atoms with Gasteiger partial charge in [0.25, 0.3) is 0 Å². The van der Waals surface area contributed by atoms with Gasteiger partial charge in [-0.3, -0.25) is 14.6 Å².